The fourth-order valence-electron chi connectivity index (χ4n) is 6.72. The van der Waals surface area contributed by atoms with E-state index in [9.17, 15) is 4.79 Å². The van der Waals surface area contributed by atoms with E-state index in [-0.39, 0.29) is 5.97 Å². The summed E-state index contributed by atoms with van der Waals surface area (Å²) in [5.74, 6) is -0.0285. The van der Waals surface area contributed by atoms with Gasteiger partial charge >= 0.3 is 187 Å². The van der Waals surface area contributed by atoms with Crippen molar-refractivity contribution in [2.45, 2.75) is 108 Å². The molecule has 4 rings (SSSR count). The summed E-state index contributed by atoms with van der Waals surface area (Å²) in [5.41, 5.74) is 0.706. The van der Waals surface area contributed by atoms with Gasteiger partial charge in [0.05, 0.1) is 0 Å². The molecule has 160 valence electrons. The Hall–Kier alpha value is -0.221. The van der Waals surface area contributed by atoms with E-state index < -0.39 is 18.8 Å². The molecule has 3 fully saturated rings. The maximum atomic E-state index is 13.5. The van der Waals surface area contributed by atoms with Crippen LogP contribution in [-0.2, 0) is 3.07 Å². The zero-order valence-electron chi connectivity index (χ0n) is 17.8. The molecule has 0 spiro atoms. The Morgan fingerprint density at radius 1 is 0.690 bits per heavy atom. The Kier molecular flexibility index (Phi) is 7.88. The van der Waals surface area contributed by atoms with Crippen LogP contribution in [-0.4, -0.2) is 24.8 Å². The van der Waals surface area contributed by atoms with Gasteiger partial charge in [-0.15, -0.1) is 0 Å². The molecule has 0 atom stereocenters. The average Bonchev–Trinajstić information content (AvgIpc) is 2.79. The van der Waals surface area contributed by atoms with Crippen LogP contribution in [0, 0.1) is 0 Å². The van der Waals surface area contributed by atoms with Crippen LogP contribution in [0.1, 0.15) is 107 Å². The zero-order chi connectivity index (χ0) is 20.1. The molecule has 1 aromatic carbocycles. The van der Waals surface area contributed by atoms with Crippen molar-refractivity contribution in [2.24, 2.45) is 0 Å². The fourth-order valence-corrected chi connectivity index (χ4v) is 26.5. The van der Waals surface area contributed by atoms with E-state index in [2.05, 4.69) is 0 Å². The summed E-state index contributed by atoms with van der Waals surface area (Å²) >= 11 is 2.83. The summed E-state index contributed by atoms with van der Waals surface area (Å²) in [6.07, 6.45) is 20.2. The second kappa shape index (κ2) is 10.4. The van der Waals surface area contributed by atoms with Crippen molar-refractivity contribution < 1.29 is 7.87 Å². The van der Waals surface area contributed by atoms with Crippen molar-refractivity contribution >= 4 is 36.4 Å². The quantitative estimate of drug-likeness (QED) is 0.362. The average molecular weight is 524 g/mol. The molecule has 0 amide bonds. The van der Waals surface area contributed by atoms with E-state index in [1.54, 1.807) is 0 Å². The Labute approximate surface area is 186 Å². The predicted octanol–water partition coefficient (Wildman–Crippen LogP) is 8.45. The van der Waals surface area contributed by atoms with Gasteiger partial charge in [0.1, 0.15) is 0 Å². The molecule has 29 heavy (non-hydrogen) atoms. The van der Waals surface area contributed by atoms with Gasteiger partial charge in [0.15, 0.2) is 0 Å². The minimum atomic E-state index is -3.25. The third-order valence-corrected chi connectivity index (χ3v) is 25.7. The number of halogens is 1. The summed E-state index contributed by atoms with van der Waals surface area (Å²) in [5, 5.41) is 0.683. The second-order valence-electron chi connectivity index (χ2n) is 9.75. The van der Waals surface area contributed by atoms with Crippen LogP contribution in [0.2, 0.25) is 16.8 Å². The summed E-state index contributed by atoms with van der Waals surface area (Å²) in [7, 11) is 0. The summed E-state index contributed by atoms with van der Waals surface area (Å²) in [6, 6.07) is 7.39. The first-order valence-corrected chi connectivity index (χ1v) is 18.7. The van der Waals surface area contributed by atoms with E-state index in [1.165, 1.54) is 96.3 Å². The molecule has 0 radical (unpaired) electrons. The Morgan fingerprint density at radius 2 is 1.07 bits per heavy atom. The topological polar surface area (TPSA) is 26.3 Å². The first-order valence-electron chi connectivity index (χ1n) is 12.2. The van der Waals surface area contributed by atoms with Crippen molar-refractivity contribution in [1.29, 1.82) is 0 Å². The molecule has 4 heteroatoms. The van der Waals surface area contributed by atoms with Crippen molar-refractivity contribution in [3.05, 3.63) is 34.9 Å². The number of carbonyl (C=O) groups is 1. The van der Waals surface area contributed by atoms with Crippen LogP contribution in [0.15, 0.2) is 24.3 Å². The van der Waals surface area contributed by atoms with Crippen LogP contribution in [0.4, 0.5) is 0 Å². The molecule has 0 heterocycles. The van der Waals surface area contributed by atoms with Crippen LogP contribution in [0.3, 0.4) is 0 Å². The molecule has 0 unspecified atom stereocenters. The van der Waals surface area contributed by atoms with E-state index in [1.807, 2.05) is 24.3 Å². The molecular weight excluding hydrogens is 486 g/mol. The van der Waals surface area contributed by atoms with Crippen LogP contribution in [0.25, 0.3) is 0 Å². The summed E-state index contributed by atoms with van der Waals surface area (Å²) in [4.78, 5) is 13.5. The van der Waals surface area contributed by atoms with Gasteiger partial charge in [0.2, 0.25) is 0 Å². The molecule has 0 aliphatic heterocycles. The Morgan fingerprint density at radius 3 is 1.45 bits per heavy atom. The fraction of sp³-hybridized carbons (Fsp3) is 0.720. The van der Waals surface area contributed by atoms with Gasteiger partial charge in [0.25, 0.3) is 0 Å². The number of hydrogen-bond acceptors (Lipinski definition) is 2. The molecule has 3 aliphatic carbocycles. The third-order valence-electron chi connectivity index (χ3n) is 8.08. The number of benzene rings is 1. The maximum absolute atomic E-state index is 13.5. The van der Waals surface area contributed by atoms with Gasteiger partial charge in [-0.2, -0.15) is 0 Å². The van der Waals surface area contributed by atoms with Gasteiger partial charge in [-0.3, -0.25) is 0 Å². The van der Waals surface area contributed by atoms with Crippen LogP contribution in [0.5, 0.6) is 0 Å². The van der Waals surface area contributed by atoms with Gasteiger partial charge in [-0.1, -0.05) is 0 Å². The predicted molar refractivity (Wildman–Crippen MR) is 123 cm³/mol. The van der Waals surface area contributed by atoms with Crippen LogP contribution < -0.4 is 0 Å². The number of carbonyl (C=O) groups excluding carboxylic acids is 1. The molecule has 3 saturated carbocycles. The van der Waals surface area contributed by atoms with Gasteiger partial charge in [0, 0.05) is 0 Å². The minimum absolute atomic E-state index is 0.0285. The summed E-state index contributed by atoms with van der Waals surface area (Å²) in [6.45, 7) is 0. The SMILES string of the molecule is O=C([O][Sn]([CH]1CCCCC1)([CH]1CCCCC1)[CH]1CCCCC1)c1ccc(Cl)cc1. The molecule has 3 aliphatic rings. The van der Waals surface area contributed by atoms with Crippen molar-refractivity contribution in [1.82, 2.24) is 0 Å². The third kappa shape index (κ3) is 5.00. The van der Waals surface area contributed by atoms with E-state index in [0.29, 0.717) is 10.6 Å². The standard InChI is InChI=1S/C7H5ClO2.3C6H11.Sn/c8-6-3-1-5(2-4-6)7(9)10;3*1-2-4-6-5-3-1;/h1-4H,(H,9,10);3*1H,2-6H2;/q;;;;+1/p-1. The van der Waals surface area contributed by atoms with Gasteiger partial charge < -0.3 is 0 Å². The molecule has 2 nitrogen and oxygen atoms in total. The second-order valence-corrected chi connectivity index (χ2v) is 22.6. The van der Waals surface area contributed by atoms with Gasteiger partial charge in [-0.25, -0.2) is 0 Å². The van der Waals surface area contributed by atoms with E-state index in [0.717, 1.165) is 11.8 Å². The molecule has 0 aromatic heterocycles. The first-order chi connectivity index (χ1) is 14.2. The van der Waals surface area contributed by atoms with E-state index in [4.69, 9.17) is 14.7 Å². The Bertz CT molecular complexity index is 610. The Balaban J connectivity index is 1.69. The molecule has 1 aromatic rings. The number of hydrogen-bond donors (Lipinski definition) is 0. The summed E-state index contributed by atoms with van der Waals surface area (Å²) < 4.78 is 9.26. The molecular formula is C25H37ClO2Sn. The van der Waals surface area contributed by atoms with Crippen molar-refractivity contribution in [2.75, 3.05) is 0 Å². The zero-order valence-corrected chi connectivity index (χ0v) is 21.5. The molecule has 0 bridgehead atoms. The monoisotopic (exact) mass is 524 g/mol. The molecule has 0 saturated heterocycles. The normalized spacial score (nSPS) is 23.1. The van der Waals surface area contributed by atoms with Crippen molar-refractivity contribution in [3.63, 3.8) is 0 Å². The molecule has 0 N–H and O–H groups in total. The first kappa shape index (κ1) is 22.0. The van der Waals surface area contributed by atoms with Crippen molar-refractivity contribution in [3.8, 4) is 0 Å². The van der Waals surface area contributed by atoms with E-state index >= 15 is 0 Å². The van der Waals surface area contributed by atoms with Gasteiger partial charge in [-0.05, 0) is 0 Å². The number of rotatable bonds is 5. The van der Waals surface area contributed by atoms with Crippen LogP contribution >= 0.6 is 11.6 Å².